The number of carbonyl (C=O) groups excluding carboxylic acids is 3. The molecule has 29 heavy (non-hydrogen) atoms. The van der Waals surface area contributed by atoms with E-state index in [-0.39, 0.29) is 30.1 Å². The van der Waals surface area contributed by atoms with Crippen LogP contribution in [-0.4, -0.2) is 49.5 Å². The zero-order valence-corrected chi connectivity index (χ0v) is 17.6. The third-order valence-electron chi connectivity index (χ3n) is 5.02. The Kier molecular flexibility index (Phi) is 7.92. The molecule has 8 nitrogen and oxygen atoms in total. The fourth-order valence-electron chi connectivity index (χ4n) is 3.09. The molecule has 0 aromatic heterocycles. The fourth-order valence-corrected chi connectivity index (χ4v) is 4.67. The predicted octanol–water partition coefficient (Wildman–Crippen LogP) is 0.803. The fraction of sp³-hybridized carbons (Fsp3) is 0.500. The van der Waals surface area contributed by atoms with Crippen LogP contribution in [0.15, 0.2) is 29.2 Å². The van der Waals surface area contributed by atoms with Crippen LogP contribution >= 0.6 is 0 Å². The lowest BCUT2D eigenvalue weighted by Crippen LogP contribution is -2.49. The number of sulfonamides is 1. The SMILES string of the molecule is CCc1ccc(S(=O)(=O)N(C(=O)[CH]CC(C)C(N)=O)[C@H]2CCCNCC2=O)cc1. The summed E-state index contributed by atoms with van der Waals surface area (Å²) in [7, 11) is -4.25. The van der Waals surface area contributed by atoms with Gasteiger partial charge in [-0.25, -0.2) is 12.7 Å². The van der Waals surface area contributed by atoms with Crippen LogP contribution in [0.2, 0.25) is 0 Å². The summed E-state index contributed by atoms with van der Waals surface area (Å²) in [5, 5.41) is 2.94. The molecule has 1 aromatic rings. The molecule has 9 heteroatoms. The standard InChI is InChI=1S/C20H28N3O5S/c1-3-15-7-9-16(10-8-15)29(27,28)23(17-5-4-12-22-13-18(17)24)19(25)11-6-14(2)20(21)26/h7-11,14,17,22H,3-6,12-13H2,1-2H3,(H2,21,26)/t14?,17-/m0/s1. The zero-order valence-electron chi connectivity index (χ0n) is 16.8. The zero-order chi connectivity index (χ0) is 21.6. The van der Waals surface area contributed by atoms with Crippen molar-refractivity contribution in [2.24, 2.45) is 11.7 Å². The minimum Gasteiger partial charge on any atom is -0.369 e. The first-order valence-corrected chi connectivity index (χ1v) is 11.2. The summed E-state index contributed by atoms with van der Waals surface area (Å²) in [5.41, 5.74) is 6.18. The van der Waals surface area contributed by atoms with Crippen molar-refractivity contribution in [3.8, 4) is 0 Å². The molecular weight excluding hydrogens is 394 g/mol. The smallest absolute Gasteiger partial charge is 0.267 e. The largest absolute Gasteiger partial charge is 0.369 e. The summed E-state index contributed by atoms with van der Waals surface area (Å²) in [6, 6.07) is 5.17. The number of aryl methyl sites for hydroxylation is 1. The molecule has 2 amide bonds. The summed E-state index contributed by atoms with van der Waals surface area (Å²) in [5.74, 6) is -2.40. The number of nitrogens with zero attached hydrogens (tertiary/aromatic N) is 1. The summed E-state index contributed by atoms with van der Waals surface area (Å²) >= 11 is 0. The molecule has 0 bridgehead atoms. The quantitative estimate of drug-likeness (QED) is 0.638. The van der Waals surface area contributed by atoms with E-state index in [9.17, 15) is 22.8 Å². The van der Waals surface area contributed by atoms with E-state index < -0.39 is 33.8 Å². The lowest BCUT2D eigenvalue weighted by Gasteiger charge is -2.29. The molecule has 159 valence electrons. The van der Waals surface area contributed by atoms with Gasteiger partial charge in [-0.3, -0.25) is 14.4 Å². The highest BCUT2D eigenvalue weighted by Gasteiger charge is 2.39. The van der Waals surface area contributed by atoms with Crippen molar-refractivity contribution in [3.63, 3.8) is 0 Å². The Morgan fingerprint density at radius 3 is 2.55 bits per heavy atom. The number of ketones is 1. The van der Waals surface area contributed by atoms with Crippen LogP contribution < -0.4 is 11.1 Å². The predicted molar refractivity (Wildman–Crippen MR) is 108 cm³/mol. The van der Waals surface area contributed by atoms with Crippen LogP contribution in [0.25, 0.3) is 0 Å². The van der Waals surface area contributed by atoms with Gasteiger partial charge in [0.05, 0.1) is 17.9 Å². The topological polar surface area (TPSA) is 127 Å². The number of amides is 2. The number of Topliss-reactive ketones (excluding diaryl/α,β-unsaturated/α-hetero) is 1. The Balaban J connectivity index is 2.40. The maximum Gasteiger partial charge on any atom is 0.267 e. The van der Waals surface area contributed by atoms with Gasteiger partial charge in [0.1, 0.15) is 6.04 Å². The summed E-state index contributed by atoms with van der Waals surface area (Å²) in [4.78, 5) is 36.7. The van der Waals surface area contributed by atoms with Crippen molar-refractivity contribution in [2.75, 3.05) is 13.1 Å². The number of hydrogen-bond acceptors (Lipinski definition) is 6. The highest BCUT2D eigenvalue weighted by Crippen LogP contribution is 2.24. The molecule has 1 saturated heterocycles. The molecule has 2 rings (SSSR count). The van der Waals surface area contributed by atoms with Crippen LogP contribution in [0.1, 0.15) is 38.7 Å². The van der Waals surface area contributed by atoms with E-state index >= 15 is 0 Å². The second kappa shape index (κ2) is 9.98. The van der Waals surface area contributed by atoms with Crippen molar-refractivity contribution in [1.29, 1.82) is 0 Å². The Hall–Kier alpha value is -2.26. The van der Waals surface area contributed by atoms with Gasteiger partial charge in [0, 0.05) is 5.92 Å². The summed E-state index contributed by atoms with van der Waals surface area (Å²) in [6.45, 7) is 4.06. The van der Waals surface area contributed by atoms with Gasteiger partial charge < -0.3 is 11.1 Å². The van der Waals surface area contributed by atoms with Crippen molar-refractivity contribution in [3.05, 3.63) is 36.2 Å². The highest BCUT2D eigenvalue weighted by molar-refractivity contribution is 7.89. The number of rotatable bonds is 8. The van der Waals surface area contributed by atoms with E-state index in [1.807, 2.05) is 6.92 Å². The van der Waals surface area contributed by atoms with Crippen molar-refractivity contribution < 1.29 is 22.8 Å². The molecule has 0 spiro atoms. The minimum atomic E-state index is -4.25. The number of benzene rings is 1. The van der Waals surface area contributed by atoms with Gasteiger partial charge in [-0.15, -0.1) is 0 Å². The molecule has 1 aliphatic heterocycles. The van der Waals surface area contributed by atoms with E-state index in [1.54, 1.807) is 19.1 Å². The van der Waals surface area contributed by atoms with Crippen molar-refractivity contribution in [1.82, 2.24) is 9.62 Å². The maximum absolute atomic E-state index is 13.3. The molecule has 1 radical (unpaired) electrons. The van der Waals surface area contributed by atoms with Crippen LogP contribution in [0, 0.1) is 12.3 Å². The van der Waals surface area contributed by atoms with E-state index in [1.165, 1.54) is 12.1 Å². The Bertz CT molecular complexity index is 851. The number of primary amides is 1. The third-order valence-corrected chi connectivity index (χ3v) is 6.84. The van der Waals surface area contributed by atoms with Crippen LogP contribution in [-0.2, 0) is 30.8 Å². The van der Waals surface area contributed by atoms with Gasteiger partial charge >= 0.3 is 0 Å². The number of hydrogen-bond donors (Lipinski definition) is 2. The maximum atomic E-state index is 13.3. The third kappa shape index (κ3) is 5.63. The van der Waals surface area contributed by atoms with Crippen molar-refractivity contribution in [2.45, 2.75) is 50.5 Å². The van der Waals surface area contributed by atoms with E-state index in [2.05, 4.69) is 5.32 Å². The molecule has 0 saturated carbocycles. The Labute approximate surface area is 171 Å². The highest BCUT2D eigenvalue weighted by atomic mass is 32.2. The number of nitrogens with two attached hydrogens (primary N) is 1. The normalized spacial score (nSPS) is 18.7. The molecule has 1 aliphatic rings. The molecule has 1 heterocycles. The monoisotopic (exact) mass is 422 g/mol. The van der Waals surface area contributed by atoms with Crippen LogP contribution in [0.4, 0.5) is 0 Å². The first kappa shape index (κ1) is 23.0. The van der Waals surface area contributed by atoms with Gasteiger partial charge in [-0.1, -0.05) is 26.0 Å². The molecule has 1 aromatic carbocycles. The average Bonchev–Trinajstić information content (AvgIpc) is 2.90. The van der Waals surface area contributed by atoms with Crippen LogP contribution in [0.5, 0.6) is 0 Å². The van der Waals surface area contributed by atoms with Crippen molar-refractivity contribution >= 4 is 27.6 Å². The second-order valence-electron chi connectivity index (χ2n) is 7.18. The second-order valence-corrected chi connectivity index (χ2v) is 9.00. The number of carbonyl (C=O) groups is 3. The number of nitrogens with one attached hydrogen (secondary N) is 1. The van der Waals surface area contributed by atoms with E-state index in [0.717, 1.165) is 18.4 Å². The summed E-state index contributed by atoms with van der Waals surface area (Å²) in [6.07, 6.45) is 2.66. The minimum absolute atomic E-state index is 0.00354. The van der Waals surface area contributed by atoms with E-state index in [4.69, 9.17) is 5.73 Å². The van der Waals surface area contributed by atoms with Crippen LogP contribution in [0.3, 0.4) is 0 Å². The Morgan fingerprint density at radius 2 is 1.97 bits per heavy atom. The summed E-state index contributed by atoms with van der Waals surface area (Å²) < 4.78 is 27.3. The van der Waals surface area contributed by atoms with Gasteiger partial charge in [0.25, 0.3) is 10.0 Å². The molecular formula is C20H28N3O5S. The van der Waals surface area contributed by atoms with Gasteiger partial charge in [-0.05, 0) is 49.9 Å². The van der Waals surface area contributed by atoms with Gasteiger partial charge in [0.2, 0.25) is 11.8 Å². The van der Waals surface area contributed by atoms with Gasteiger partial charge in [-0.2, -0.15) is 0 Å². The molecule has 0 aliphatic carbocycles. The lowest BCUT2D eigenvalue weighted by atomic mass is 10.0. The molecule has 1 fully saturated rings. The molecule has 3 N–H and O–H groups in total. The lowest BCUT2D eigenvalue weighted by molar-refractivity contribution is -0.131. The first-order chi connectivity index (χ1) is 13.7. The van der Waals surface area contributed by atoms with Gasteiger partial charge in [0.15, 0.2) is 5.78 Å². The first-order valence-electron chi connectivity index (χ1n) is 9.71. The van der Waals surface area contributed by atoms with E-state index in [0.29, 0.717) is 17.3 Å². The molecule has 1 unspecified atom stereocenters. The molecule has 2 atom stereocenters. The average molecular weight is 423 g/mol. The Morgan fingerprint density at radius 1 is 1.31 bits per heavy atom.